The molecule has 4 nitrogen and oxygen atoms in total. The van der Waals surface area contributed by atoms with Crippen LogP contribution >= 0.6 is 0 Å². The lowest BCUT2D eigenvalue weighted by Gasteiger charge is -2.10. The Morgan fingerprint density at radius 3 is 1.31 bits per heavy atom. The molecule has 58 heavy (non-hydrogen) atoms. The van der Waals surface area contributed by atoms with Crippen molar-refractivity contribution in [3.05, 3.63) is 163 Å². The second kappa shape index (κ2) is 12.2. The predicted molar refractivity (Wildman–Crippen MR) is 248 cm³/mol. The number of rotatable bonds is 5. The maximum atomic E-state index is 2.46. The lowest BCUT2D eigenvalue weighted by molar-refractivity contribution is 0.827. The molecule has 0 spiro atoms. The smallest absolute Gasteiger partial charge is 0.0541 e. The summed E-state index contributed by atoms with van der Waals surface area (Å²) in [5.41, 5.74) is 17.5. The van der Waals surface area contributed by atoms with Gasteiger partial charge in [0.15, 0.2) is 0 Å². The Balaban J connectivity index is 1.02. The van der Waals surface area contributed by atoms with Crippen molar-refractivity contribution in [2.45, 2.75) is 33.9 Å². The largest absolute Gasteiger partial charge is 0.344 e. The summed E-state index contributed by atoms with van der Waals surface area (Å²) in [6.45, 7) is 8.53. The summed E-state index contributed by atoms with van der Waals surface area (Å²) >= 11 is 0. The normalized spacial score (nSPS) is 12.3. The molecule has 0 aliphatic carbocycles. The maximum Gasteiger partial charge on any atom is 0.0541 e. The summed E-state index contributed by atoms with van der Waals surface area (Å²) in [5.74, 6) is 0. The summed E-state index contributed by atoms with van der Waals surface area (Å²) in [7, 11) is 2.16. The van der Waals surface area contributed by atoms with Gasteiger partial charge < -0.3 is 18.3 Å². The van der Waals surface area contributed by atoms with E-state index in [4.69, 9.17) is 0 Å². The van der Waals surface area contributed by atoms with E-state index in [-0.39, 0.29) is 0 Å². The first kappa shape index (κ1) is 33.1. The summed E-state index contributed by atoms with van der Waals surface area (Å²) in [4.78, 5) is 0. The van der Waals surface area contributed by atoms with Gasteiger partial charge in [-0.05, 0) is 134 Å². The summed E-state index contributed by atoms with van der Waals surface area (Å²) < 4.78 is 9.66. The molecule has 278 valence electrons. The number of aromatic nitrogens is 4. The van der Waals surface area contributed by atoms with E-state index < -0.39 is 0 Å². The lowest BCUT2D eigenvalue weighted by atomic mass is 10.00. The van der Waals surface area contributed by atoms with Crippen LogP contribution in [0.5, 0.6) is 0 Å². The highest BCUT2D eigenvalue weighted by Gasteiger charge is 2.18. The molecule has 4 heteroatoms. The molecule has 0 unspecified atom stereocenters. The predicted octanol–water partition coefficient (Wildman–Crippen LogP) is 14.3. The van der Waals surface area contributed by atoms with Gasteiger partial charge in [0.2, 0.25) is 0 Å². The molecule has 0 fully saturated rings. The van der Waals surface area contributed by atoms with E-state index in [1.807, 2.05) is 0 Å². The maximum absolute atomic E-state index is 2.46. The van der Waals surface area contributed by atoms with Gasteiger partial charge in [0.05, 0.1) is 11.0 Å². The quantitative estimate of drug-likeness (QED) is 0.167. The molecular weight excluding hydrogens is 705 g/mol. The second-order valence-corrected chi connectivity index (χ2v) is 16.1. The average molecular weight is 747 g/mol. The number of nitrogens with zero attached hydrogens (tertiary/aromatic N) is 4. The Kier molecular flexibility index (Phi) is 6.99. The Labute approximate surface area is 336 Å². The van der Waals surface area contributed by atoms with Crippen LogP contribution in [-0.2, 0) is 20.1 Å². The van der Waals surface area contributed by atoms with Crippen molar-refractivity contribution in [1.82, 2.24) is 18.3 Å². The summed E-state index contributed by atoms with van der Waals surface area (Å²) in [5, 5.41) is 10.3. The van der Waals surface area contributed by atoms with Gasteiger partial charge >= 0.3 is 0 Å². The first-order valence-corrected chi connectivity index (χ1v) is 20.6. The number of fused-ring (bicyclic) bond motifs is 12. The third-order valence-electron chi connectivity index (χ3n) is 13.0. The van der Waals surface area contributed by atoms with E-state index in [2.05, 4.69) is 204 Å². The molecule has 0 saturated heterocycles. The highest BCUT2D eigenvalue weighted by Crippen LogP contribution is 2.40. The molecule has 0 aliphatic rings. The molecule has 4 heterocycles. The van der Waals surface area contributed by atoms with E-state index in [0.29, 0.717) is 0 Å². The van der Waals surface area contributed by atoms with Gasteiger partial charge in [-0.1, -0.05) is 72.3 Å². The van der Waals surface area contributed by atoms with Crippen molar-refractivity contribution in [1.29, 1.82) is 0 Å². The number of hydrogen-bond donors (Lipinski definition) is 0. The Bertz CT molecular complexity index is 3680. The van der Waals surface area contributed by atoms with Gasteiger partial charge in [-0.15, -0.1) is 0 Å². The van der Waals surface area contributed by atoms with Crippen LogP contribution in [-0.4, -0.2) is 18.3 Å². The van der Waals surface area contributed by atoms with Crippen molar-refractivity contribution >= 4 is 87.2 Å². The van der Waals surface area contributed by atoms with Crippen molar-refractivity contribution in [2.75, 3.05) is 0 Å². The molecule has 0 bridgehead atoms. The zero-order valence-electron chi connectivity index (χ0n) is 33.2. The lowest BCUT2D eigenvalue weighted by Crippen LogP contribution is -1.95. The minimum Gasteiger partial charge on any atom is -0.344 e. The molecule has 8 aromatic carbocycles. The van der Waals surface area contributed by atoms with E-state index >= 15 is 0 Å². The number of benzene rings is 8. The van der Waals surface area contributed by atoms with Crippen LogP contribution in [0.1, 0.15) is 19.4 Å². The number of hydrogen-bond acceptors (Lipinski definition) is 0. The van der Waals surface area contributed by atoms with Gasteiger partial charge in [-0.3, -0.25) is 0 Å². The van der Waals surface area contributed by atoms with Crippen LogP contribution in [0.3, 0.4) is 0 Å². The summed E-state index contributed by atoms with van der Waals surface area (Å²) in [6.07, 6.45) is 0. The van der Waals surface area contributed by atoms with Crippen LogP contribution < -0.4 is 0 Å². The van der Waals surface area contributed by atoms with Gasteiger partial charge in [0, 0.05) is 102 Å². The van der Waals surface area contributed by atoms with Gasteiger partial charge in [0.25, 0.3) is 0 Å². The Morgan fingerprint density at radius 1 is 0.345 bits per heavy atom. The standard InChI is InChI=1S/C54H42N4/c1-5-56-49-21-15-33(3)27-41(49)44-30-35(17-23-50(44)56)36-18-24-51-45(31-36)46-32-38(20-26-52(46)57(51)6-2)58-53-14-10-8-12-40(53)43-29-37(19-25-54(43)58)34-16-22-48-42(28-34)39-11-7-9-13-47(39)55(48)4/h7-32H,5-6H2,1-4H3. The minimum atomic E-state index is 0.906. The molecule has 12 aromatic rings. The minimum absolute atomic E-state index is 0.906. The van der Waals surface area contributed by atoms with E-state index in [1.54, 1.807) is 0 Å². The Morgan fingerprint density at radius 2 is 0.724 bits per heavy atom. The molecule has 4 aromatic heterocycles. The molecule has 0 saturated carbocycles. The molecule has 0 aliphatic heterocycles. The third-order valence-corrected chi connectivity index (χ3v) is 13.0. The highest BCUT2D eigenvalue weighted by molar-refractivity contribution is 6.15. The fourth-order valence-corrected chi connectivity index (χ4v) is 10.3. The average Bonchev–Trinajstić information content (AvgIpc) is 3.97. The topological polar surface area (TPSA) is 19.7 Å². The van der Waals surface area contributed by atoms with E-state index in [1.165, 1.54) is 121 Å². The van der Waals surface area contributed by atoms with Crippen molar-refractivity contribution in [2.24, 2.45) is 7.05 Å². The van der Waals surface area contributed by atoms with Crippen molar-refractivity contribution in [3.63, 3.8) is 0 Å². The zero-order valence-corrected chi connectivity index (χ0v) is 33.2. The SMILES string of the molecule is CCn1c2ccc(C)cc2c2cc(-c3ccc4c(c3)c3cc(-n5c6ccccc6c6cc(-c7ccc8c(c7)c7ccccc7n8C)ccc65)ccc3n4CC)ccc21. The fraction of sp³-hybridized carbons (Fsp3) is 0.111. The monoisotopic (exact) mass is 746 g/mol. The van der Waals surface area contributed by atoms with Gasteiger partial charge in [-0.25, -0.2) is 0 Å². The van der Waals surface area contributed by atoms with Crippen LogP contribution in [0.4, 0.5) is 0 Å². The van der Waals surface area contributed by atoms with Gasteiger partial charge in [0.1, 0.15) is 0 Å². The highest BCUT2D eigenvalue weighted by atomic mass is 15.0. The molecular formula is C54H42N4. The number of aryl methyl sites for hydroxylation is 4. The van der Waals surface area contributed by atoms with Crippen LogP contribution in [0.2, 0.25) is 0 Å². The van der Waals surface area contributed by atoms with E-state index in [0.717, 1.165) is 13.1 Å². The molecule has 0 radical (unpaired) electrons. The second-order valence-electron chi connectivity index (χ2n) is 16.1. The summed E-state index contributed by atoms with van der Waals surface area (Å²) in [6, 6.07) is 59.5. The van der Waals surface area contributed by atoms with Gasteiger partial charge in [-0.2, -0.15) is 0 Å². The first-order valence-electron chi connectivity index (χ1n) is 20.6. The number of para-hydroxylation sites is 2. The fourth-order valence-electron chi connectivity index (χ4n) is 10.3. The first-order chi connectivity index (χ1) is 28.5. The molecule has 12 rings (SSSR count). The van der Waals surface area contributed by atoms with Crippen LogP contribution in [0, 0.1) is 6.92 Å². The van der Waals surface area contributed by atoms with E-state index in [9.17, 15) is 0 Å². The molecule has 0 amide bonds. The third kappa shape index (κ3) is 4.57. The van der Waals surface area contributed by atoms with Crippen molar-refractivity contribution in [3.8, 4) is 27.9 Å². The zero-order chi connectivity index (χ0) is 38.8. The Hall–Kier alpha value is -7.04. The van der Waals surface area contributed by atoms with Crippen LogP contribution in [0.15, 0.2) is 158 Å². The van der Waals surface area contributed by atoms with Crippen LogP contribution in [0.25, 0.3) is 115 Å². The molecule has 0 N–H and O–H groups in total. The molecule has 0 atom stereocenters. The van der Waals surface area contributed by atoms with Crippen molar-refractivity contribution < 1.29 is 0 Å².